The second-order valence-corrected chi connectivity index (χ2v) is 13.4. The minimum absolute atomic E-state index is 0.00650. The van der Waals surface area contributed by atoms with Crippen LogP contribution in [0, 0.1) is 5.92 Å². The van der Waals surface area contributed by atoms with Gasteiger partial charge in [0.2, 0.25) is 0 Å². The van der Waals surface area contributed by atoms with Crippen molar-refractivity contribution in [3.05, 3.63) is 102 Å². The second-order valence-electron chi connectivity index (χ2n) is 13.4. The summed E-state index contributed by atoms with van der Waals surface area (Å²) in [4.78, 5) is 26.1. The number of nitrogens with zero attached hydrogens (tertiary/aromatic N) is 5. The minimum Gasteiger partial charge on any atom is -0.494 e. The number of carbonyl (C=O) groups is 1. The van der Waals surface area contributed by atoms with Crippen LogP contribution in [0.25, 0.3) is 44.7 Å². The van der Waals surface area contributed by atoms with Crippen LogP contribution in [0.4, 0.5) is 0 Å². The molecule has 2 N–H and O–H groups in total. The first-order chi connectivity index (χ1) is 23.1. The van der Waals surface area contributed by atoms with Crippen LogP contribution in [-0.4, -0.2) is 55.6 Å². The molecule has 3 aliphatic rings. The lowest BCUT2D eigenvalue weighted by atomic mass is 9.95. The van der Waals surface area contributed by atoms with Gasteiger partial charge in [0.25, 0.3) is 5.91 Å². The number of fused-ring (bicyclic) bond motifs is 13. The highest BCUT2D eigenvalue weighted by Crippen LogP contribution is 2.40. The van der Waals surface area contributed by atoms with Crippen molar-refractivity contribution < 1.29 is 9.53 Å². The third kappa shape index (κ3) is 4.57. The van der Waals surface area contributed by atoms with Crippen molar-refractivity contribution in [1.82, 2.24) is 24.0 Å². The molecule has 236 valence electrons. The molecule has 6 aromatic rings. The normalized spacial score (nSPS) is 20.6. The predicted molar refractivity (Wildman–Crippen MR) is 184 cm³/mol. The van der Waals surface area contributed by atoms with Crippen LogP contribution >= 0.6 is 0 Å². The third-order valence-electron chi connectivity index (χ3n) is 10.7. The first-order valence-corrected chi connectivity index (χ1v) is 16.8. The number of carbonyl (C=O) groups excluding carboxylic acids is 1. The molecule has 9 rings (SSSR count). The van der Waals surface area contributed by atoms with E-state index in [1.54, 1.807) is 7.11 Å². The Morgan fingerprint density at radius 3 is 2.72 bits per heavy atom. The number of imidazole rings is 1. The number of methoxy groups -OCH3 is 1. The molecule has 0 radical (unpaired) electrons. The number of aryl methyl sites for hydroxylation is 2. The van der Waals surface area contributed by atoms with Gasteiger partial charge in [-0.3, -0.25) is 4.79 Å². The Balaban J connectivity index is 1.25. The molecule has 3 unspecified atom stereocenters. The van der Waals surface area contributed by atoms with Crippen molar-refractivity contribution in [2.24, 2.45) is 11.7 Å². The Kier molecular flexibility index (Phi) is 6.68. The van der Waals surface area contributed by atoms with Crippen LogP contribution in [0.2, 0.25) is 0 Å². The molecule has 4 bridgehead atoms. The van der Waals surface area contributed by atoms with E-state index >= 15 is 0 Å². The van der Waals surface area contributed by atoms with Gasteiger partial charge < -0.3 is 24.5 Å². The smallest absolute Gasteiger partial charge is 0.254 e. The fraction of sp³-hybridized carbons (Fsp3) is 0.308. The zero-order chi connectivity index (χ0) is 31.6. The zero-order valence-electron chi connectivity index (χ0n) is 26.6. The van der Waals surface area contributed by atoms with Crippen LogP contribution in [-0.2, 0) is 19.5 Å². The Bertz CT molecular complexity index is 2180. The molecular formula is C39H38N6O2. The largest absolute Gasteiger partial charge is 0.494 e. The number of aromatic nitrogens is 4. The molecule has 2 aliphatic heterocycles. The number of ether oxygens (including phenoxy) is 1. The molecule has 2 fully saturated rings. The van der Waals surface area contributed by atoms with E-state index in [0.29, 0.717) is 23.8 Å². The van der Waals surface area contributed by atoms with Gasteiger partial charge in [-0.1, -0.05) is 42.5 Å². The molecule has 3 atom stereocenters. The standard InChI is InChI=1S/C39H38N6O2/c1-47-34-21-29(39(46)44-23-28-14-15-32(44)35(28)40)19-31-36(34)45-22-24-8-6-11-26(18-24)30-13-3-2-9-25(30)10-4-5-17-43-33(38(45)42-31)20-27-12-7-16-41-37(27)43/h2-3,6-9,11-13,16,18-21,28,32,35H,4-5,10,14-15,17,22-23,40H2,1H3. The Morgan fingerprint density at radius 1 is 0.957 bits per heavy atom. The van der Waals surface area contributed by atoms with E-state index in [0.717, 1.165) is 78.8 Å². The van der Waals surface area contributed by atoms with E-state index in [4.69, 9.17) is 20.4 Å². The molecule has 1 aliphatic carbocycles. The van der Waals surface area contributed by atoms with Crippen molar-refractivity contribution in [3.8, 4) is 28.4 Å². The summed E-state index contributed by atoms with van der Waals surface area (Å²) >= 11 is 0. The highest BCUT2D eigenvalue weighted by Gasteiger charge is 2.47. The highest BCUT2D eigenvalue weighted by atomic mass is 16.5. The molecule has 1 saturated carbocycles. The molecule has 8 nitrogen and oxygen atoms in total. The quantitative estimate of drug-likeness (QED) is 0.233. The topological polar surface area (TPSA) is 91.2 Å². The fourth-order valence-electron chi connectivity index (χ4n) is 8.43. The SMILES string of the molecule is COc1cc(C(=O)N2CC3CCC2C3N)cc2nc3n(c12)Cc1cccc(c1)-c1ccccc1CCCCn1c-3cc2cccnc21. The van der Waals surface area contributed by atoms with Gasteiger partial charge >= 0.3 is 0 Å². The van der Waals surface area contributed by atoms with E-state index in [1.807, 2.05) is 29.3 Å². The molecule has 0 spiro atoms. The van der Waals surface area contributed by atoms with E-state index in [9.17, 15) is 4.79 Å². The number of likely N-dealkylation sites (tertiary alicyclic amines) is 1. The summed E-state index contributed by atoms with van der Waals surface area (Å²) in [5.41, 5.74) is 15.7. The summed E-state index contributed by atoms with van der Waals surface area (Å²) in [7, 11) is 1.68. The lowest BCUT2D eigenvalue weighted by Crippen LogP contribution is -2.41. The van der Waals surface area contributed by atoms with Gasteiger partial charge in [0.15, 0.2) is 5.82 Å². The minimum atomic E-state index is 0.00650. The van der Waals surface area contributed by atoms with Crippen molar-refractivity contribution >= 4 is 28.0 Å². The molecule has 3 aromatic heterocycles. The van der Waals surface area contributed by atoms with Gasteiger partial charge in [0.1, 0.15) is 16.9 Å². The Hall–Kier alpha value is -4.95. The van der Waals surface area contributed by atoms with Crippen molar-refractivity contribution in [2.75, 3.05) is 13.7 Å². The van der Waals surface area contributed by atoms with Gasteiger partial charge in [-0.25, -0.2) is 9.97 Å². The van der Waals surface area contributed by atoms with E-state index in [2.05, 4.69) is 69.8 Å². The highest BCUT2D eigenvalue weighted by molar-refractivity contribution is 6.00. The molecule has 47 heavy (non-hydrogen) atoms. The monoisotopic (exact) mass is 622 g/mol. The molecule has 1 amide bonds. The molecule has 3 aromatic carbocycles. The summed E-state index contributed by atoms with van der Waals surface area (Å²) in [5.74, 6) is 1.87. The summed E-state index contributed by atoms with van der Waals surface area (Å²) in [5, 5.41) is 1.08. The van der Waals surface area contributed by atoms with Crippen LogP contribution < -0.4 is 10.5 Å². The zero-order valence-corrected chi connectivity index (χ0v) is 26.6. The number of benzene rings is 3. The van der Waals surface area contributed by atoms with Gasteiger partial charge in [0.05, 0.1) is 18.3 Å². The average Bonchev–Trinajstić information content (AvgIpc) is 3.85. The number of nitrogens with two attached hydrogens (primary N) is 1. The molecule has 1 saturated heterocycles. The molecule has 5 heterocycles. The maximum Gasteiger partial charge on any atom is 0.254 e. The lowest BCUT2D eigenvalue weighted by Gasteiger charge is -2.27. The average molecular weight is 623 g/mol. The first-order valence-electron chi connectivity index (χ1n) is 16.8. The predicted octanol–water partition coefficient (Wildman–Crippen LogP) is 6.67. The van der Waals surface area contributed by atoms with Crippen LogP contribution in [0.5, 0.6) is 5.75 Å². The number of pyridine rings is 1. The number of amides is 1. The van der Waals surface area contributed by atoms with E-state index in [-0.39, 0.29) is 18.0 Å². The first kappa shape index (κ1) is 28.3. The van der Waals surface area contributed by atoms with Gasteiger partial charge in [-0.2, -0.15) is 0 Å². The van der Waals surface area contributed by atoms with Crippen molar-refractivity contribution in [3.63, 3.8) is 0 Å². The van der Waals surface area contributed by atoms with E-state index in [1.165, 1.54) is 22.3 Å². The summed E-state index contributed by atoms with van der Waals surface area (Å²) in [6.07, 6.45) is 7.01. The summed E-state index contributed by atoms with van der Waals surface area (Å²) < 4.78 is 10.7. The van der Waals surface area contributed by atoms with Gasteiger partial charge in [0, 0.05) is 48.9 Å². The van der Waals surface area contributed by atoms with Gasteiger partial charge in [-0.15, -0.1) is 0 Å². The number of piperidine rings is 1. The third-order valence-corrected chi connectivity index (χ3v) is 10.7. The van der Waals surface area contributed by atoms with Gasteiger partial charge in [-0.05, 0) is 96.7 Å². The second kappa shape index (κ2) is 11.1. The molecular weight excluding hydrogens is 584 g/mol. The Morgan fingerprint density at radius 2 is 1.87 bits per heavy atom. The lowest BCUT2D eigenvalue weighted by molar-refractivity contribution is 0.0700. The van der Waals surface area contributed by atoms with Crippen LogP contribution in [0.15, 0.2) is 85.1 Å². The maximum atomic E-state index is 14.0. The van der Waals surface area contributed by atoms with E-state index < -0.39 is 0 Å². The fourth-order valence-corrected chi connectivity index (χ4v) is 8.43. The van der Waals surface area contributed by atoms with Crippen LogP contribution in [0.1, 0.15) is 47.2 Å². The van der Waals surface area contributed by atoms with Crippen molar-refractivity contribution in [1.29, 1.82) is 0 Å². The van der Waals surface area contributed by atoms with Crippen LogP contribution in [0.3, 0.4) is 0 Å². The summed E-state index contributed by atoms with van der Waals surface area (Å²) in [6.45, 7) is 2.13. The summed E-state index contributed by atoms with van der Waals surface area (Å²) in [6, 6.07) is 27.9. The number of hydrogen-bond acceptors (Lipinski definition) is 5. The maximum absolute atomic E-state index is 14.0. The number of rotatable bonds is 2. The Labute approximate surface area is 273 Å². The van der Waals surface area contributed by atoms with Crippen molar-refractivity contribution in [2.45, 2.75) is 57.3 Å². The molecule has 8 heteroatoms. The number of hydrogen-bond donors (Lipinski definition) is 1.